The highest BCUT2D eigenvalue weighted by Gasteiger charge is 2.64. The molecular weight excluding hydrogens is 408 g/mol. The van der Waals surface area contributed by atoms with E-state index in [0.717, 1.165) is 18.4 Å². The predicted molar refractivity (Wildman–Crippen MR) is 118 cm³/mol. The van der Waals surface area contributed by atoms with Gasteiger partial charge in [-0.15, -0.1) is 0 Å². The van der Waals surface area contributed by atoms with Crippen LogP contribution in [0.5, 0.6) is 0 Å². The summed E-state index contributed by atoms with van der Waals surface area (Å²) < 4.78 is 11.8. The van der Waals surface area contributed by atoms with E-state index in [9.17, 15) is 14.4 Å². The van der Waals surface area contributed by atoms with Gasteiger partial charge >= 0.3 is 0 Å². The van der Waals surface area contributed by atoms with Crippen LogP contribution in [-0.4, -0.2) is 43.0 Å². The predicted octanol–water partition coefficient (Wildman–Crippen LogP) is 2.96. The van der Waals surface area contributed by atoms with Crippen LogP contribution in [0, 0.1) is 6.92 Å². The van der Waals surface area contributed by atoms with Gasteiger partial charge in [-0.05, 0) is 38.0 Å². The van der Waals surface area contributed by atoms with Crippen LogP contribution in [0.1, 0.15) is 40.1 Å². The first-order valence-corrected chi connectivity index (χ1v) is 10.8. The van der Waals surface area contributed by atoms with Gasteiger partial charge in [0.1, 0.15) is 5.58 Å². The number of para-hydroxylation sites is 1. The number of carbonyl (C=O) groups is 2. The molecule has 6 rings (SSSR count). The minimum atomic E-state index is -1.55. The minimum Gasteiger partial charge on any atom is -0.450 e. The molecule has 32 heavy (non-hydrogen) atoms. The first-order valence-electron chi connectivity index (χ1n) is 10.8. The third-order valence-electron chi connectivity index (χ3n) is 6.93. The molecular formula is C25H22N2O5. The molecule has 0 radical (unpaired) electrons. The number of rotatable bonds is 2. The maximum Gasteiger partial charge on any atom is 0.291 e. The van der Waals surface area contributed by atoms with E-state index in [0.29, 0.717) is 28.8 Å². The highest BCUT2D eigenvalue weighted by Crippen LogP contribution is 2.52. The first-order chi connectivity index (χ1) is 15.4. The van der Waals surface area contributed by atoms with E-state index in [-0.39, 0.29) is 35.3 Å². The molecule has 2 amide bonds. The van der Waals surface area contributed by atoms with Crippen molar-refractivity contribution in [1.29, 1.82) is 0 Å². The molecule has 2 atom stereocenters. The molecule has 162 valence electrons. The van der Waals surface area contributed by atoms with Crippen LogP contribution in [0.25, 0.3) is 11.0 Å². The fraction of sp³-hybridized carbons (Fsp3) is 0.320. The highest BCUT2D eigenvalue weighted by molar-refractivity contribution is 6.16. The van der Waals surface area contributed by atoms with E-state index in [4.69, 9.17) is 9.15 Å². The zero-order valence-electron chi connectivity index (χ0n) is 17.9. The molecule has 1 aromatic heterocycles. The van der Waals surface area contributed by atoms with Gasteiger partial charge < -0.3 is 19.0 Å². The fourth-order valence-electron chi connectivity index (χ4n) is 5.45. The maximum absolute atomic E-state index is 13.9. The Morgan fingerprint density at radius 1 is 1.12 bits per heavy atom. The van der Waals surface area contributed by atoms with E-state index < -0.39 is 11.4 Å². The number of aryl methyl sites for hydroxylation is 1. The Bertz CT molecular complexity index is 1370. The van der Waals surface area contributed by atoms with Crippen molar-refractivity contribution in [3.05, 3.63) is 75.1 Å². The quantitative estimate of drug-likeness (QED) is 0.625. The molecule has 0 unspecified atom stereocenters. The van der Waals surface area contributed by atoms with Gasteiger partial charge in [-0.1, -0.05) is 29.8 Å². The van der Waals surface area contributed by atoms with Crippen molar-refractivity contribution in [2.75, 3.05) is 25.1 Å². The lowest BCUT2D eigenvalue weighted by Crippen LogP contribution is -2.54. The number of ether oxygens (including phenoxy) is 1. The average Bonchev–Trinajstić information content (AvgIpc) is 3.45. The second-order valence-electron chi connectivity index (χ2n) is 8.78. The lowest BCUT2D eigenvalue weighted by atomic mass is 9.83. The molecule has 3 aliphatic rings. The summed E-state index contributed by atoms with van der Waals surface area (Å²) in [5, 5.41) is 0.370. The van der Waals surface area contributed by atoms with Gasteiger partial charge in [0, 0.05) is 31.5 Å². The van der Waals surface area contributed by atoms with Gasteiger partial charge in [-0.2, -0.15) is 0 Å². The van der Waals surface area contributed by atoms with Crippen LogP contribution in [0.4, 0.5) is 5.69 Å². The lowest BCUT2D eigenvalue weighted by Gasteiger charge is -2.35. The number of hydrogen-bond acceptors (Lipinski definition) is 5. The van der Waals surface area contributed by atoms with E-state index in [1.165, 1.54) is 9.80 Å². The SMILES string of the molecule is Cc1ccc2oc3c(c(=O)c2c1)[C@@]1(C(=O)N(C)c2ccccc21)N(C[C@@H]1CCCO1)C3=O. The molecule has 7 heteroatoms. The van der Waals surface area contributed by atoms with Crippen LogP contribution in [0.2, 0.25) is 0 Å². The zero-order chi connectivity index (χ0) is 22.2. The van der Waals surface area contributed by atoms with Crippen LogP contribution < -0.4 is 10.3 Å². The van der Waals surface area contributed by atoms with Crippen LogP contribution >= 0.6 is 0 Å². The number of amides is 2. The first kappa shape index (κ1) is 19.3. The number of benzene rings is 2. The maximum atomic E-state index is 13.9. The normalized spacial score (nSPS) is 24.1. The van der Waals surface area contributed by atoms with Crippen molar-refractivity contribution in [2.24, 2.45) is 0 Å². The van der Waals surface area contributed by atoms with Crippen LogP contribution in [0.15, 0.2) is 51.7 Å². The van der Waals surface area contributed by atoms with Crippen molar-refractivity contribution < 1.29 is 18.7 Å². The van der Waals surface area contributed by atoms with E-state index in [1.54, 1.807) is 19.2 Å². The molecule has 2 aromatic carbocycles. The number of nitrogens with zero attached hydrogens (tertiary/aromatic N) is 2. The van der Waals surface area contributed by atoms with Crippen molar-refractivity contribution >= 4 is 28.5 Å². The molecule has 4 heterocycles. The molecule has 0 aliphatic carbocycles. The Morgan fingerprint density at radius 3 is 2.72 bits per heavy atom. The topological polar surface area (TPSA) is 80.1 Å². The standard InChI is InChI=1S/C25H22N2O5/c1-14-9-10-19-16(12-14)21(28)20-22(32-19)23(29)27(13-15-6-5-11-31-15)25(20)17-7-3-4-8-18(17)26(2)24(25)30/h3-4,7-10,12,15H,5-6,11,13H2,1-2H3/t15-,25-/m0/s1. The molecule has 0 bridgehead atoms. The number of fused-ring (bicyclic) bond motifs is 5. The molecule has 7 nitrogen and oxygen atoms in total. The van der Waals surface area contributed by atoms with Crippen molar-refractivity contribution in [3.8, 4) is 0 Å². The summed E-state index contributed by atoms with van der Waals surface area (Å²) in [5.74, 6) is -0.834. The fourth-order valence-corrected chi connectivity index (χ4v) is 5.45. The van der Waals surface area contributed by atoms with Gasteiger partial charge in [0.25, 0.3) is 11.8 Å². The Hall–Kier alpha value is -3.45. The van der Waals surface area contributed by atoms with Crippen LogP contribution in [-0.2, 0) is 15.1 Å². The molecule has 1 saturated heterocycles. The summed E-state index contributed by atoms with van der Waals surface area (Å²) in [6.45, 7) is 2.73. The zero-order valence-corrected chi connectivity index (χ0v) is 17.9. The van der Waals surface area contributed by atoms with Crippen molar-refractivity contribution in [1.82, 2.24) is 4.90 Å². The lowest BCUT2D eigenvalue weighted by molar-refractivity contribution is -0.126. The molecule has 0 N–H and O–H groups in total. The van der Waals surface area contributed by atoms with Gasteiger partial charge in [0.2, 0.25) is 5.76 Å². The molecule has 1 fully saturated rings. The number of anilines is 1. The summed E-state index contributed by atoms with van der Waals surface area (Å²) in [6, 6.07) is 12.6. The highest BCUT2D eigenvalue weighted by atomic mass is 16.5. The largest absolute Gasteiger partial charge is 0.450 e. The molecule has 0 saturated carbocycles. The Labute approximate surface area is 184 Å². The monoisotopic (exact) mass is 430 g/mol. The Balaban J connectivity index is 1.70. The number of hydrogen-bond donors (Lipinski definition) is 0. The second kappa shape index (κ2) is 6.53. The number of likely N-dealkylation sites (N-methyl/N-ethyl adjacent to an activating group) is 1. The minimum absolute atomic E-state index is 0.0530. The van der Waals surface area contributed by atoms with Crippen molar-refractivity contribution in [2.45, 2.75) is 31.4 Å². The molecule has 3 aliphatic heterocycles. The Kier molecular flexibility index (Phi) is 3.93. The number of carbonyl (C=O) groups excluding carboxylic acids is 2. The third kappa shape index (κ3) is 2.26. The van der Waals surface area contributed by atoms with E-state index in [1.807, 2.05) is 37.3 Å². The summed E-state index contributed by atoms with van der Waals surface area (Å²) >= 11 is 0. The van der Waals surface area contributed by atoms with E-state index in [2.05, 4.69) is 0 Å². The summed E-state index contributed by atoms with van der Waals surface area (Å²) in [4.78, 5) is 44.6. The smallest absolute Gasteiger partial charge is 0.291 e. The summed E-state index contributed by atoms with van der Waals surface area (Å²) in [6.07, 6.45) is 1.50. The second-order valence-corrected chi connectivity index (χ2v) is 8.78. The third-order valence-corrected chi connectivity index (χ3v) is 6.93. The van der Waals surface area contributed by atoms with Gasteiger partial charge in [0.15, 0.2) is 11.0 Å². The summed E-state index contributed by atoms with van der Waals surface area (Å²) in [5.41, 5.74) is 0.758. The molecule has 3 aromatic rings. The summed E-state index contributed by atoms with van der Waals surface area (Å²) in [7, 11) is 1.68. The van der Waals surface area contributed by atoms with Gasteiger partial charge in [0.05, 0.1) is 17.1 Å². The van der Waals surface area contributed by atoms with Crippen LogP contribution in [0.3, 0.4) is 0 Å². The van der Waals surface area contributed by atoms with E-state index >= 15 is 0 Å². The Morgan fingerprint density at radius 2 is 1.94 bits per heavy atom. The van der Waals surface area contributed by atoms with Gasteiger partial charge in [-0.25, -0.2) is 0 Å². The molecule has 1 spiro atoms. The average molecular weight is 430 g/mol. The van der Waals surface area contributed by atoms with Crippen molar-refractivity contribution in [3.63, 3.8) is 0 Å². The van der Waals surface area contributed by atoms with Gasteiger partial charge in [-0.3, -0.25) is 14.4 Å².